The summed E-state index contributed by atoms with van der Waals surface area (Å²) in [4.78, 5) is 25.6. The highest BCUT2D eigenvalue weighted by Crippen LogP contribution is 2.38. The molecule has 9 heteroatoms. The minimum Gasteiger partial charge on any atom is -0.756 e. The van der Waals surface area contributed by atoms with Crippen molar-refractivity contribution in [3.8, 4) is 0 Å². The Morgan fingerprint density at radius 3 is 1.06 bits per heavy atom. The van der Waals surface area contributed by atoms with Crippen LogP contribution in [-0.4, -0.2) is 68.5 Å². The van der Waals surface area contributed by atoms with E-state index in [1.807, 2.05) is 27.2 Å². The van der Waals surface area contributed by atoms with Crippen molar-refractivity contribution < 1.29 is 32.9 Å². The van der Waals surface area contributed by atoms with Crippen molar-refractivity contribution in [1.82, 2.24) is 5.32 Å². The first-order valence-electron chi connectivity index (χ1n) is 36.2. The van der Waals surface area contributed by atoms with Gasteiger partial charge in [-0.3, -0.25) is 9.36 Å². The molecule has 0 aromatic heterocycles. The number of quaternary nitrogens is 1. The van der Waals surface area contributed by atoms with E-state index in [1.54, 1.807) is 6.08 Å². The topological polar surface area (TPSA) is 108 Å². The van der Waals surface area contributed by atoms with Gasteiger partial charge in [-0.2, -0.15) is 0 Å². The Kier molecular flexibility index (Phi) is 63.3. The van der Waals surface area contributed by atoms with Crippen LogP contribution in [0.5, 0.6) is 0 Å². The molecule has 488 valence electrons. The summed E-state index contributed by atoms with van der Waals surface area (Å²) in [7, 11) is 1.25. The molecular weight excluding hydrogens is 1040 g/mol. The van der Waals surface area contributed by atoms with Crippen LogP contribution in [0.15, 0.2) is 60.8 Å². The van der Waals surface area contributed by atoms with E-state index in [9.17, 15) is 19.4 Å². The fourth-order valence-electron chi connectivity index (χ4n) is 10.8. The summed E-state index contributed by atoms with van der Waals surface area (Å²) >= 11 is 0. The standard InChI is InChI=1S/C74H141N2O6P/c1-6-8-10-12-14-16-18-20-22-24-26-28-30-32-34-36-38-40-42-44-46-48-50-52-54-56-58-60-62-64-66-68-74(78)75-72(71-82-83(79,80)81-70-69-76(3,4)5)73(77)67-65-63-61-59-57-55-53-51-49-47-45-43-41-39-37-35-33-31-29-27-25-23-21-19-17-15-13-11-9-7-2/h18,20,24,26,30,32,57,59,65,67,72-73,77H,6-17,19,21-23,25,27-29,31,33-56,58,60-64,66,68-71H2,1-5H3,(H-,75,78,79,80)/b20-18-,26-24-,32-30-,59-57+,67-65+. The normalized spacial score (nSPS) is 14.0. The van der Waals surface area contributed by atoms with Crippen LogP contribution in [0.3, 0.4) is 0 Å². The van der Waals surface area contributed by atoms with Crippen molar-refractivity contribution in [1.29, 1.82) is 0 Å². The summed E-state index contributed by atoms with van der Waals surface area (Å²) in [6.45, 7) is 4.66. The van der Waals surface area contributed by atoms with E-state index in [0.717, 1.165) is 51.4 Å². The van der Waals surface area contributed by atoms with Gasteiger partial charge in [-0.05, 0) is 70.6 Å². The maximum atomic E-state index is 13.0. The molecule has 0 saturated heterocycles. The smallest absolute Gasteiger partial charge is 0.268 e. The highest BCUT2D eigenvalue weighted by molar-refractivity contribution is 7.45. The Hall–Kier alpha value is -1.80. The van der Waals surface area contributed by atoms with Crippen LogP contribution in [0.25, 0.3) is 0 Å². The molecule has 83 heavy (non-hydrogen) atoms. The number of rotatable bonds is 67. The largest absolute Gasteiger partial charge is 0.756 e. The minimum atomic E-state index is -4.61. The van der Waals surface area contributed by atoms with Gasteiger partial charge in [-0.15, -0.1) is 0 Å². The van der Waals surface area contributed by atoms with Crippen LogP contribution >= 0.6 is 7.82 Å². The van der Waals surface area contributed by atoms with Crippen LogP contribution in [0.4, 0.5) is 0 Å². The number of carbonyl (C=O) groups is 1. The average Bonchev–Trinajstić information content (AvgIpc) is 3.49. The molecule has 0 spiro atoms. The van der Waals surface area contributed by atoms with Crippen LogP contribution in [0.2, 0.25) is 0 Å². The van der Waals surface area contributed by atoms with Gasteiger partial charge < -0.3 is 28.8 Å². The molecule has 0 bridgehead atoms. The number of phosphoric ester groups is 1. The van der Waals surface area contributed by atoms with Gasteiger partial charge in [0, 0.05) is 6.42 Å². The molecule has 0 rings (SSSR count). The molecule has 3 unspecified atom stereocenters. The van der Waals surface area contributed by atoms with E-state index in [0.29, 0.717) is 17.4 Å². The Morgan fingerprint density at radius 1 is 0.422 bits per heavy atom. The molecule has 1 amide bonds. The first-order valence-corrected chi connectivity index (χ1v) is 37.6. The molecule has 0 saturated carbocycles. The lowest BCUT2D eigenvalue weighted by Gasteiger charge is -2.29. The number of allylic oxidation sites excluding steroid dienone is 9. The molecule has 8 nitrogen and oxygen atoms in total. The number of aliphatic hydroxyl groups is 1. The van der Waals surface area contributed by atoms with E-state index < -0.39 is 26.6 Å². The van der Waals surface area contributed by atoms with Crippen LogP contribution in [0.1, 0.15) is 354 Å². The molecule has 0 radical (unpaired) electrons. The molecule has 0 fully saturated rings. The zero-order valence-corrected chi connectivity index (χ0v) is 56.8. The Balaban J connectivity index is 4.08. The zero-order chi connectivity index (χ0) is 60.5. The summed E-state index contributed by atoms with van der Waals surface area (Å²) < 4.78 is 23.5. The zero-order valence-electron chi connectivity index (χ0n) is 55.9. The number of likely N-dealkylation sites (N-methyl/N-ethyl adjacent to an activating group) is 1. The number of aliphatic hydroxyl groups excluding tert-OH is 1. The molecule has 0 aromatic carbocycles. The molecule has 0 aromatic rings. The van der Waals surface area contributed by atoms with Gasteiger partial charge in [-0.1, -0.05) is 338 Å². The second-order valence-electron chi connectivity index (χ2n) is 25.9. The number of hydrogen-bond donors (Lipinski definition) is 2. The summed E-state index contributed by atoms with van der Waals surface area (Å²) in [6.07, 6.45) is 89.3. The monoisotopic (exact) mass is 1190 g/mol. The Bertz CT molecular complexity index is 1540. The summed E-state index contributed by atoms with van der Waals surface area (Å²) in [5.41, 5.74) is 0. The van der Waals surface area contributed by atoms with E-state index in [2.05, 4.69) is 67.8 Å². The van der Waals surface area contributed by atoms with Crippen molar-refractivity contribution in [3.63, 3.8) is 0 Å². The first kappa shape index (κ1) is 81.2. The van der Waals surface area contributed by atoms with Gasteiger partial charge in [-0.25, -0.2) is 0 Å². The van der Waals surface area contributed by atoms with E-state index in [4.69, 9.17) is 9.05 Å². The maximum absolute atomic E-state index is 13.0. The van der Waals surface area contributed by atoms with Gasteiger partial charge in [0.05, 0.1) is 39.9 Å². The van der Waals surface area contributed by atoms with Crippen LogP contribution < -0.4 is 10.2 Å². The minimum absolute atomic E-state index is 0.00662. The van der Waals surface area contributed by atoms with Crippen LogP contribution in [-0.2, 0) is 18.4 Å². The lowest BCUT2D eigenvalue weighted by atomic mass is 10.0. The third-order valence-electron chi connectivity index (χ3n) is 16.4. The summed E-state index contributed by atoms with van der Waals surface area (Å²) in [5.74, 6) is -0.203. The molecule has 0 heterocycles. The van der Waals surface area contributed by atoms with Crippen molar-refractivity contribution in [2.75, 3.05) is 40.9 Å². The number of phosphoric acid groups is 1. The van der Waals surface area contributed by atoms with E-state index in [1.165, 1.54) is 283 Å². The quantitative estimate of drug-likeness (QED) is 0.0272. The lowest BCUT2D eigenvalue weighted by molar-refractivity contribution is -0.870. The van der Waals surface area contributed by atoms with Gasteiger partial charge in [0.1, 0.15) is 13.2 Å². The predicted octanol–water partition coefficient (Wildman–Crippen LogP) is 22.5. The number of unbranched alkanes of at least 4 members (excludes halogenated alkanes) is 46. The Labute approximate surface area is 517 Å². The van der Waals surface area contributed by atoms with Gasteiger partial charge in [0.25, 0.3) is 7.82 Å². The fraction of sp³-hybridized carbons (Fsp3) is 0.851. The molecular formula is C74H141N2O6P. The maximum Gasteiger partial charge on any atom is 0.268 e. The lowest BCUT2D eigenvalue weighted by Crippen LogP contribution is -2.45. The average molecular weight is 1190 g/mol. The molecule has 0 aliphatic carbocycles. The van der Waals surface area contributed by atoms with E-state index in [-0.39, 0.29) is 12.5 Å². The SMILES string of the molecule is CCCCCCC/C=C\C/C=C\C/C=C\CCCCCCCCCCCCCCCCCCC(=O)NC(COP(=O)([O-])OCC[N+](C)(C)C)C(O)/C=C/CC/C=C/CCCCCCCCCCCCCCCCCCCCCCCCCC. The molecule has 2 N–H and O–H groups in total. The van der Waals surface area contributed by atoms with Crippen LogP contribution in [0, 0.1) is 0 Å². The van der Waals surface area contributed by atoms with Gasteiger partial charge >= 0.3 is 0 Å². The summed E-state index contributed by atoms with van der Waals surface area (Å²) in [6, 6.07) is -0.907. The predicted molar refractivity (Wildman–Crippen MR) is 362 cm³/mol. The third kappa shape index (κ3) is 67.6. The molecule has 0 aliphatic heterocycles. The number of nitrogens with zero attached hydrogens (tertiary/aromatic N) is 1. The highest BCUT2D eigenvalue weighted by atomic mass is 31.2. The number of amides is 1. The highest BCUT2D eigenvalue weighted by Gasteiger charge is 2.23. The first-order chi connectivity index (χ1) is 40.5. The second-order valence-corrected chi connectivity index (χ2v) is 27.3. The van der Waals surface area contributed by atoms with Crippen molar-refractivity contribution >= 4 is 13.7 Å². The van der Waals surface area contributed by atoms with Crippen molar-refractivity contribution in [2.45, 2.75) is 366 Å². The molecule has 0 aliphatic rings. The van der Waals surface area contributed by atoms with E-state index >= 15 is 0 Å². The number of carbonyl (C=O) groups excluding carboxylic acids is 1. The van der Waals surface area contributed by atoms with Gasteiger partial charge in [0.2, 0.25) is 5.91 Å². The number of hydrogen-bond acceptors (Lipinski definition) is 6. The van der Waals surface area contributed by atoms with Crippen molar-refractivity contribution in [3.05, 3.63) is 60.8 Å². The number of nitrogens with one attached hydrogen (secondary N) is 1. The fourth-order valence-corrected chi connectivity index (χ4v) is 11.6. The van der Waals surface area contributed by atoms with Gasteiger partial charge in [0.15, 0.2) is 0 Å². The Morgan fingerprint density at radius 2 is 0.711 bits per heavy atom. The summed E-state index contributed by atoms with van der Waals surface area (Å²) in [5, 5.41) is 14.0. The third-order valence-corrected chi connectivity index (χ3v) is 17.4. The second kappa shape index (κ2) is 64.7. The molecule has 3 atom stereocenters. The van der Waals surface area contributed by atoms with Crippen molar-refractivity contribution in [2.24, 2.45) is 0 Å².